The number of aryl methyl sites for hydroxylation is 1. The normalized spacial score (nSPS) is 14.2. The maximum Gasteiger partial charge on any atom is 0.122 e. The van der Waals surface area contributed by atoms with Gasteiger partial charge in [0.2, 0.25) is 0 Å². The first-order chi connectivity index (χ1) is 26.6. The Balaban J connectivity index is 2.26. The highest BCUT2D eigenvalue weighted by molar-refractivity contribution is 5.51. The second-order valence-electron chi connectivity index (χ2n) is 17.2. The Kier molecular flexibility index (Phi) is 26.8. The zero-order valence-electron chi connectivity index (χ0n) is 38.4. The quantitative estimate of drug-likeness (QED) is 0.0692. The van der Waals surface area contributed by atoms with Gasteiger partial charge in [-0.2, -0.15) is 0 Å². The zero-order chi connectivity index (χ0) is 41.9. The van der Waals surface area contributed by atoms with Crippen LogP contribution in [0.3, 0.4) is 0 Å². The molecule has 0 fully saturated rings. The number of hydrogen-bond donors (Lipinski definition) is 2. The van der Waals surface area contributed by atoms with Gasteiger partial charge in [0.15, 0.2) is 0 Å². The van der Waals surface area contributed by atoms with Gasteiger partial charge in [-0.05, 0) is 221 Å². The van der Waals surface area contributed by atoms with Crippen molar-refractivity contribution < 1.29 is 10.2 Å². The van der Waals surface area contributed by atoms with Gasteiger partial charge < -0.3 is 10.2 Å². The molecule has 1 rings (SSSR count). The third-order valence-electron chi connectivity index (χ3n) is 11.1. The molecule has 56 heavy (non-hydrogen) atoms. The van der Waals surface area contributed by atoms with Crippen molar-refractivity contribution in [2.75, 3.05) is 0 Å². The lowest BCUT2D eigenvalue weighted by Crippen LogP contribution is -1.92. The number of phenolic OH excluding ortho intramolecular Hbond substituents is 2. The highest BCUT2D eigenvalue weighted by atomic mass is 16.3. The molecule has 2 nitrogen and oxygen atoms in total. The Labute approximate surface area is 346 Å². The summed E-state index contributed by atoms with van der Waals surface area (Å²) >= 11 is 0. The maximum absolute atomic E-state index is 10.4. The summed E-state index contributed by atoms with van der Waals surface area (Å²) in [6.07, 6.45) is 41.5. The number of allylic oxidation sites excluding steroid dienone is 18. The van der Waals surface area contributed by atoms with Crippen molar-refractivity contribution in [3.63, 3.8) is 0 Å². The highest BCUT2D eigenvalue weighted by Gasteiger charge is 2.10. The summed E-state index contributed by atoms with van der Waals surface area (Å²) < 4.78 is 0. The van der Waals surface area contributed by atoms with Crippen LogP contribution in [0.1, 0.15) is 195 Å². The van der Waals surface area contributed by atoms with E-state index in [1.54, 1.807) is 6.07 Å². The highest BCUT2D eigenvalue weighted by Crippen LogP contribution is 2.32. The van der Waals surface area contributed by atoms with Gasteiger partial charge in [0.05, 0.1) is 0 Å². The molecule has 0 aliphatic carbocycles. The number of hydrogen-bond acceptors (Lipinski definition) is 2. The molecule has 0 unspecified atom stereocenters. The van der Waals surface area contributed by atoms with Crippen molar-refractivity contribution in [3.8, 4) is 11.5 Å². The van der Waals surface area contributed by atoms with Crippen molar-refractivity contribution in [1.29, 1.82) is 0 Å². The summed E-state index contributed by atoms with van der Waals surface area (Å²) in [6.45, 7) is 26.2. The summed E-state index contributed by atoms with van der Waals surface area (Å²) in [5.41, 5.74) is 15.7. The van der Waals surface area contributed by atoms with Crippen molar-refractivity contribution in [2.24, 2.45) is 0 Å². The molecule has 0 spiro atoms. The van der Waals surface area contributed by atoms with E-state index in [-0.39, 0.29) is 5.75 Å². The van der Waals surface area contributed by atoms with Gasteiger partial charge in [-0.25, -0.2) is 0 Å². The van der Waals surface area contributed by atoms with Crippen LogP contribution in [-0.4, -0.2) is 10.2 Å². The van der Waals surface area contributed by atoms with Gasteiger partial charge in [-0.15, -0.1) is 0 Å². The summed E-state index contributed by atoms with van der Waals surface area (Å²) in [7, 11) is 0. The Morgan fingerprint density at radius 1 is 0.375 bits per heavy atom. The van der Waals surface area contributed by atoms with Crippen molar-refractivity contribution in [2.45, 2.75) is 199 Å². The molecule has 312 valence electrons. The minimum atomic E-state index is 0.267. The monoisotopic (exact) mass is 765 g/mol. The third-order valence-corrected chi connectivity index (χ3v) is 11.1. The first-order valence-corrected chi connectivity index (χ1v) is 22.0. The topological polar surface area (TPSA) is 40.5 Å². The molecular weight excluding hydrogens is 681 g/mol. The minimum Gasteiger partial charge on any atom is -0.508 e. The molecule has 0 aliphatic heterocycles. The van der Waals surface area contributed by atoms with Crippen LogP contribution < -0.4 is 0 Å². The number of rotatable bonds is 27. The van der Waals surface area contributed by atoms with Gasteiger partial charge in [0, 0.05) is 0 Å². The Bertz CT molecular complexity index is 1600. The van der Waals surface area contributed by atoms with Crippen molar-refractivity contribution >= 4 is 0 Å². The van der Waals surface area contributed by atoms with Crippen molar-refractivity contribution in [3.05, 3.63) is 128 Å². The fourth-order valence-electron chi connectivity index (χ4n) is 6.85. The van der Waals surface area contributed by atoms with Crippen LogP contribution in [0.5, 0.6) is 11.5 Å². The standard InChI is InChI=1S/C54H84O2/c1-41(2)22-13-23-42(3)24-14-25-43(4)26-15-27-44(5)28-16-29-45(6)30-17-31-46(7)32-18-33-47(8)34-19-35-48(9)36-20-37-49(10)38-21-39-52-40-53(55)50(11)51(12)54(52)56/h22,24,26,28,30,32,34,36,38,40,55-56H,13-21,23,25,27,29,31,33,35,37,39H2,1-12H3/b42-24+,43-26+,44-28+,45-30+,46-32+,47-34+,48-36+,49-38+. The Hall–Kier alpha value is -3.52. The van der Waals surface area contributed by atoms with Gasteiger partial charge in [-0.3, -0.25) is 0 Å². The zero-order valence-corrected chi connectivity index (χ0v) is 38.4. The van der Waals surface area contributed by atoms with Gasteiger partial charge in [0.25, 0.3) is 0 Å². The molecule has 0 aromatic heterocycles. The lowest BCUT2D eigenvalue weighted by atomic mass is 9.99. The second kappa shape index (κ2) is 29.7. The van der Waals surface area contributed by atoms with Gasteiger partial charge >= 0.3 is 0 Å². The molecule has 0 bridgehead atoms. The van der Waals surface area contributed by atoms with Crippen LogP contribution in [0.25, 0.3) is 0 Å². The lowest BCUT2D eigenvalue weighted by Gasteiger charge is -2.11. The fourth-order valence-corrected chi connectivity index (χ4v) is 6.85. The van der Waals surface area contributed by atoms with E-state index in [0.29, 0.717) is 5.75 Å². The molecule has 1 aromatic rings. The SMILES string of the molecule is CC(C)=CCC/C(C)=C/CC/C(C)=C/CC/C(C)=C/CC/C(C)=C/CC/C(C)=C/CC/C(C)=C/CC/C(C)=C/CC/C(C)=C/CCc1cc(O)c(C)c(C)c1O. The Morgan fingerprint density at radius 2 is 0.625 bits per heavy atom. The van der Waals surface area contributed by atoms with E-state index in [9.17, 15) is 10.2 Å². The average Bonchev–Trinajstić information content (AvgIpc) is 3.12. The largest absolute Gasteiger partial charge is 0.508 e. The average molecular weight is 765 g/mol. The summed E-state index contributed by atoms with van der Waals surface area (Å²) in [6, 6.07) is 1.71. The van der Waals surface area contributed by atoms with Crippen LogP contribution in [0.15, 0.2) is 111 Å². The van der Waals surface area contributed by atoms with E-state index in [0.717, 1.165) is 100 Å². The molecule has 0 aliphatic rings. The maximum atomic E-state index is 10.4. The van der Waals surface area contributed by atoms with Crippen molar-refractivity contribution in [1.82, 2.24) is 0 Å². The molecule has 0 saturated heterocycles. The molecule has 2 heteroatoms. The van der Waals surface area contributed by atoms with Crippen LogP contribution >= 0.6 is 0 Å². The van der Waals surface area contributed by atoms with E-state index < -0.39 is 0 Å². The second-order valence-corrected chi connectivity index (χ2v) is 17.2. The van der Waals surface area contributed by atoms with Gasteiger partial charge in [0.1, 0.15) is 11.5 Å². The van der Waals surface area contributed by atoms with E-state index in [2.05, 4.69) is 124 Å². The number of aromatic hydroxyl groups is 2. The third kappa shape index (κ3) is 24.9. The molecular formula is C54H84O2. The molecule has 0 radical (unpaired) electrons. The molecule has 0 amide bonds. The van der Waals surface area contributed by atoms with E-state index in [1.807, 2.05) is 13.8 Å². The fraction of sp³-hybridized carbons (Fsp3) is 0.556. The van der Waals surface area contributed by atoms with Crippen LogP contribution in [0, 0.1) is 13.8 Å². The molecule has 0 heterocycles. The first kappa shape index (κ1) is 50.5. The van der Waals surface area contributed by atoms with E-state index >= 15 is 0 Å². The lowest BCUT2D eigenvalue weighted by molar-refractivity contribution is 0.447. The van der Waals surface area contributed by atoms with Gasteiger partial charge in [-0.1, -0.05) is 105 Å². The van der Waals surface area contributed by atoms with E-state index in [1.165, 1.54) is 82.3 Å². The van der Waals surface area contributed by atoms with Crippen LogP contribution in [-0.2, 0) is 6.42 Å². The summed E-state index contributed by atoms with van der Waals surface area (Å²) in [4.78, 5) is 0. The van der Waals surface area contributed by atoms with Crippen LogP contribution in [0.2, 0.25) is 0 Å². The molecule has 2 N–H and O–H groups in total. The predicted molar refractivity (Wildman–Crippen MR) is 251 cm³/mol. The van der Waals surface area contributed by atoms with Crippen LogP contribution in [0.4, 0.5) is 0 Å². The van der Waals surface area contributed by atoms with E-state index in [4.69, 9.17) is 0 Å². The number of phenols is 2. The summed E-state index contributed by atoms with van der Waals surface area (Å²) in [5.74, 6) is 0.587. The number of benzene rings is 1. The predicted octanol–water partition coefficient (Wildman–Crippen LogP) is 17.4. The first-order valence-electron chi connectivity index (χ1n) is 22.0. The minimum absolute atomic E-state index is 0.267. The Morgan fingerprint density at radius 3 is 0.893 bits per heavy atom. The molecule has 1 aromatic carbocycles. The molecule has 0 atom stereocenters. The molecule has 0 saturated carbocycles. The summed E-state index contributed by atoms with van der Waals surface area (Å²) in [5, 5.41) is 20.5. The smallest absolute Gasteiger partial charge is 0.122 e.